The Bertz CT molecular complexity index is 691. The fraction of sp³-hybridized carbons (Fsp3) is 0.435. The Balaban J connectivity index is 1.39. The van der Waals surface area contributed by atoms with Crippen LogP contribution in [-0.2, 0) is 17.8 Å². The van der Waals surface area contributed by atoms with E-state index in [1.165, 1.54) is 24.0 Å². The number of aryl methyl sites for hydroxylation is 1. The second-order valence-corrected chi connectivity index (χ2v) is 7.39. The second-order valence-electron chi connectivity index (χ2n) is 7.39. The maximum absolute atomic E-state index is 12.3. The lowest BCUT2D eigenvalue weighted by Crippen LogP contribution is -2.48. The lowest BCUT2D eigenvalue weighted by Gasteiger charge is -2.34. The third-order valence-corrected chi connectivity index (χ3v) is 5.14. The quantitative estimate of drug-likeness (QED) is 0.773. The van der Waals surface area contributed by atoms with Crippen LogP contribution in [0.1, 0.15) is 30.9 Å². The van der Waals surface area contributed by atoms with Gasteiger partial charge in [0.25, 0.3) is 0 Å². The van der Waals surface area contributed by atoms with Gasteiger partial charge < -0.3 is 5.32 Å². The molecular weight excluding hydrogens is 334 g/mol. The van der Waals surface area contributed by atoms with Gasteiger partial charge in [0.15, 0.2) is 0 Å². The zero-order valence-electron chi connectivity index (χ0n) is 16.4. The van der Waals surface area contributed by atoms with E-state index in [1.807, 2.05) is 12.1 Å². The van der Waals surface area contributed by atoms with Gasteiger partial charge in [0.2, 0.25) is 5.91 Å². The fourth-order valence-electron chi connectivity index (χ4n) is 3.49. The first-order valence-corrected chi connectivity index (χ1v) is 10.1. The number of benzene rings is 2. The van der Waals surface area contributed by atoms with E-state index < -0.39 is 0 Å². The van der Waals surface area contributed by atoms with Crippen LogP contribution in [0.25, 0.3) is 0 Å². The third-order valence-electron chi connectivity index (χ3n) is 5.14. The van der Waals surface area contributed by atoms with Gasteiger partial charge in [0, 0.05) is 38.4 Å². The molecule has 3 rings (SSSR count). The standard InChI is InChI=1S/C23H31N3O/c1-2-3-7-20-10-12-22(13-11-20)24-23(27)19-26-16-14-25(15-17-26)18-21-8-5-4-6-9-21/h4-6,8-13H,2-3,7,14-19H2,1H3,(H,24,27). The third kappa shape index (κ3) is 6.49. The molecule has 27 heavy (non-hydrogen) atoms. The number of nitrogens with zero attached hydrogens (tertiary/aromatic N) is 2. The van der Waals surface area contributed by atoms with Gasteiger partial charge in [0.05, 0.1) is 6.54 Å². The topological polar surface area (TPSA) is 35.6 Å². The van der Waals surface area contributed by atoms with Gasteiger partial charge in [-0.3, -0.25) is 14.6 Å². The van der Waals surface area contributed by atoms with Crippen molar-refractivity contribution >= 4 is 11.6 Å². The lowest BCUT2D eigenvalue weighted by atomic mass is 10.1. The summed E-state index contributed by atoms with van der Waals surface area (Å²) in [4.78, 5) is 17.0. The molecule has 4 heteroatoms. The molecule has 144 valence electrons. The number of piperazine rings is 1. The zero-order chi connectivity index (χ0) is 18.9. The average Bonchev–Trinajstić information content (AvgIpc) is 2.70. The number of anilines is 1. The first kappa shape index (κ1) is 19.6. The van der Waals surface area contributed by atoms with Crippen LogP contribution in [0.15, 0.2) is 54.6 Å². The van der Waals surface area contributed by atoms with Crippen LogP contribution in [0.3, 0.4) is 0 Å². The predicted molar refractivity (Wildman–Crippen MR) is 112 cm³/mol. The van der Waals surface area contributed by atoms with Gasteiger partial charge in [0.1, 0.15) is 0 Å². The number of unbranched alkanes of at least 4 members (excludes halogenated alkanes) is 1. The summed E-state index contributed by atoms with van der Waals surface area (Å²) in [5, 5.41) is 3.03. The number of carbonyl (C=O) groups excluding carboxylic acids is 1. The molecule has 0 aromatic heterocycles. The van der Waals surface area contributed by atoms with E-state index in [2.05, 4.69) is 64.5 Å². The van der Waals surface area contributed by atoms with Crippen molar-refractivity contribution in [3.63, 3.8) is 0 Å². The number of hydrogen-bond acceptors (Lipinski definition) is 3. The lowest BCUT2D eigenvalue weighted by molar-refractivity contribution is -0.117. The van der Waals surface area contributed by atoms with Crippen molar-refractivity contribution in [1.29, 1.82) is 0 Å². The van der Waals surface area contributed by atoms with Crippen molar-refractivity contribution in [2.45, 2.75) is 32.7 Å². The molecule has 0 unspecified atom stereocenters. The summed E-state index contributed by atoms with van der Waals surface area (Å²) in [5.41, 5.74) is 3.58. The molecule has 1 aliphatic heterocycles. The van der Waals surface area contributed by atoms with E-state index in [4.69, 9.17) is 0 Å². The van der Waals surface area contributed by atoms with Crippen LogP contribution < -0.4 is 5.32 Å². The maximum Gasteiger partial charge on any atom is 0.238 e. The molecule has 2 aromatic carbocycles. The fourth-order valence-corrected chi connectivity index (χ4v) is 3.49. The second kappa shape index (κ2) is 10.2. The number of carbonyl (C=O) groups is 1. The van der Waals surface area contributed by atoms with Crippen molar-refractivity contribution in [2.75, 3.05) is 38.0 Å². The minimum atomic E-state index is 0.0767. The van der Waals surface area contributed by atoms with Crippen molar-refractivity contribution in [2.24, 2.45) is 0 Å². The zero-order valence-corrected chi connectivity index (χ0v) is 16.4. The molecule has 0 spiro atoms. The summed E-state index contributed by atoms with van der Waals surface area (Å²) in [5.74, 6) is 0.0767. The Morgan fingerprint density at radius 1 is 0.889 bits per heavy atom. The number of amides is 1. The maximum atomic E-state index is 12.3. The van der Waals surface area contributed by atoms with E-state index in [0.29, 0.717) is 6.54 Å². The Hall–Kier alpha value is -2.17. The molecule has 1 saturated heterocycles. The van der Waals surface area contributed by atoms with E-state index in [9.17, 15) is 4.79 Å². The van der Waals surface area contributed by atoms with Crippen molar-refractivity contribution in [1.82, 2.24) is 9.80 Å². The molecule has 1 fully saturated rings. The van der Waals surface area contributed by atoms with Gasteiger partial charge in [-0.1, -0.05) is 55.8 Å². The van der Waals surface area contributed by atoms with Gasteiger partial charge in [-0.2, -0.15) is 0 Å². The van der Waals surface area contributed by atoms with Crippen molar-refractivity contribution in [3.05, 3.63) is 65.7 Å². The van der Waals surface area contributed by atoms with E-state index in [0.717, 1.165) is 44.8 Å². The first-order chi connectivity index (χ1) is 13.2. The molecule has 0 radical (unpaired) electrons. The molecule has 1 heterocycles. The molecule has 0 atom stereocenters. The summed E-state index contributed by atoms with van der Waals surface area (Å²) in [6.07, 6.45) is 3.52. The monoisotopic (exact) mass is 365 g/mol. The minimum Gasteiger partial charge on any atom is -0.325 e. The van der Waals surface area contributed by atoms with Gasteiger partial charge >= 0.3 is 0 Å². The Morgan fingerprint density at radius 3 is 2.22 bits per heavy atom. The molecular formula is C23H31N3O. The van der Waals surface area contributed by atoms with Crippen LogP contribution in [-0.4, -0.2) is 48.4 Å². The van der Waals surface area contributed by atoms with E-state index in [-0.39, 0.29) is 5.91 Å². The van der Waals surface area contributed by atoms with Crippen LogP contribution in [0.4, 0.5) is 5.69 Å². The molecule has 4 nitrogen and oxygen atoms in total. The van der Waals surface area contributed by atoms with E-state index >= 15 is 0 Å². The summed E-state index contributed by atoms with van der Waals surface area (Å²) in [6.45, 7) is 7.56. The highest BCUT2D eigenvalue weighted by molar-refractivity contribution is 5.92. The smallest absolute Gasteiger partial charge is 0.238 e. The molecule has 0 saturated carbocycles. The van der Waals surface area contributed by atoms with Crippen LogP contribution in [0.5, 0.6) is 0 Å². The van der Waals surface area contributed by atoms with Crippen molar-refractivity contribution in [3.8, 4) is 0 Å². The van der Waals surface area contributed by atoms with Gasteiger partial charge in [-0.15, -0.1) is 0 Å². The van der Waals surface area contributed by atoms with E-state index in [1.54, 1.807) is 0 Å². The highest BCUT2D eigenvalue weighted by Gasteiger charge is 2.19. The SMILES string of the molecule is CCCCc1ccc(NC(=O)CN2CCN(Cc3ccccc3)CC2)cc1. The Morgan fingerprint density at radius 2 is 1.56 bits per heavy atom. The summed E-state index contributed by atoms with van der Waals surface area (Å²) < 4.78 is 0. The first-order valence-electron chi connectivity index (χ1n) is 10.1. The minimum absolute atomic E-state index is 0.0767. The average molecular weight is 366 g/mol. The highest BCUT2D eigenvalue weighted by Crippen LogP contribution is 2.12. The summed E-state index contributed by atoms with van der Waals surface area (Å²) in [7, 11) is 0. The van der Waals surface area contributed by atoms with Crippen LogP contribution in [0.2, 0.25) is 0 Å². The number of rotatable bonds is 8. The highest BCUT2D eigenvalue weighted by atomic mass is 16.2. The van der Waals surface area contributed by atoms with Crippen LogP contribution >= 0.6 is 0 Å². The predicted octanol–water partition coefficient (Wildman–Crippen LogP) is 3.79. The molecule has 1 amide bonds. The Kier molecular flexibility index (Phi) is 7.43. The number of hydrogen-bond donors (Lipinski definition) is 1. The van der Waals surface area contributed by atoms with Gasteiger partial charge in [-0.25, -0.2) is 0 Å². The van der Waals surface area contributed by atoms with Crippen LogP contribution in [0, 0.1) is 0 Å². The molecule has 2 aromatic rings. The summed E-state index contributed by atoms with van der Waals surface area (Å²) in [6, 6.07) is 18.8. The largest absolute Gasteiger partial charge is 0.325 e. The molecule has 0 bridgehead atoms. The van der Waals surface area contributed by atoms with Gasteiger partial charge in [-0.05, 0) is 36.1 Å². The van der Waals surface area contributed by atoms with Crippen molar-refractivity contribution < 1.29 is 4.79 Å². The Labute approximate surface area is 163 Å². The molecule has 0 aliphatic carbocycles. The number of nitrogens with one attached hydrogen (secondary N) is 1. The normalized spacial score (nSPS) is 15.6. The molecule has 1 aliphatic rings. The summed E-state index contributed by atoms with van der Waals surface area (Å²) >= 11 is 0. The molecule has 1 N–H and O–H groups in total.